The Morgan fingerprint density at radius 3 is 2.03 bits per heavy atom. The molecule has 0 aliphatic rings. The molecule has 2 aromatic heterocycles. The van der Waals surface area contributed by atoms with Gasteiger partial charge in [0.1, 0.15) is 17.4 Å². The summed E-state index contributed by atoms with van der Waals surface area (Å²) in [6.07, 6.45) is 3.63. The summed E-state index contributed by atoms with van der Waals surface area (Å²) in [5.74, 6) is 1.51. The van der Waals surface area contributed by atoms with Crippen molar-refractivity contribution in [1.82, 2.24) is 9.55 Å². The maximum atomic E-state index is 13.5. The summed E-state index contributed by atoms with van der Waals surface area (Å²) in [6, 6.07) is 17.4. The number of nitrogens with zero attached hydrogens (tertiary/aromatic N) is 3. The highest BCUT2D eigenvalue weighted by Crippen LogP contribution is 2.43. The summed E-state index contributed by atoms with van der Waals surface area (Å²) in [6.45, 7) is 0. The number of ether oxygens (including phenoxy) is 3. The summed E-state index contributed by atoms with van der Waals surface area (Å²) >= 11 is 0. The van der Waals surface area contributed by atoms with Gasteiger partial charge >= 0.3 is 0 Å². The molecule has 0 aliphatic heterocycles. The van der Waals surface area contributed by atoms with E-state index in [9.17, 15) is 9.65 Å². The Labute approximate surface area is 185 Å². The molecule has 0 radical (unpaired) electrons. The van der Waals surface area contributed by atoms with Gasteiger partial charge in [0.15, 0.2) is 17.3 Å². The summed E-state index contributed by atoms with van der Waals surface area (Å²) in [5, 5.41) is 10.1. The maximum Gasteiger partial charge on any atom is 0.203 e. The van der Waals surface area contributed by atoms with Gasteiger partial charge in [0, 0.05) is 23.5 Å². The molecule has 6 nitrogen and oxygen atoms in total. The highest BCUT2D eigenvalue weighted by Gasteiger charge is 2.20. The standard InChI is InChI=1S/C25H20FN3O3/c1-30-22-12-17(13-23(31-2)24(22)32-3)19-14-21(16-6-8-18(26)9-7-16)28-25(20(19)15-27)29-10-4-5-11-29/h4-14H,1-3H3. The van der Waals surface area contributed by atoms with Crippen LogP contribution in [0.2, 0.25) is 0 Å². The average molecular weight is 429 g/mol. The molecule has 2 aromatic carbocycles. The van der Waals surface area contributed by atoms with Crippen LogP contribution in [0.15, 0.2) is 67.0 Å². The van der Waals surface area contributed by atoms with Gasteiger partial charge in [-0.1, -0.05) is 0 Å². The van der Waals surface area contributed by atoms with Crippen molar-refractivity contribution in [3.05, 3.63) is 78.4 Å². The van der Waals surface area contributed by atoms with Crippen LogP contribution >= 0.6 is 0 Å². The molecule has 0 fully saturated rings. The molecule has 0 N–H and O–H groups in total. The topological polar surface area (TPSA) is 69.3 Å². The Morgan fingerprint density at radius 1 is 0.875 bits per heavy atom. The molecule has 32 heavy (non-hydrogen) atoms. The van der Waals surface area contributed by atoms with Crippen molar-refractivity contribution < 1.29 is 18.6 Å². The zero-order valence-corrected chi connectivity index (χ0v) is 17.8. The molecular weight excluding hydrogens is 409 g/mol. The third-order valence-corrected chi connectivity index (χ3v) is 5.08. The van der Waals surface area contributed by atoms with Gasteiger partial charge in [-0.3, -0.25) is 0 Å². The van der Waals surface area contributed by atoms with Crippen molar-refractivity contribution in [3.8, 4) is 51.5 Å². The van der Waals surface area contributed by atoms with E-state index in [1.807, 2.05) is 24.5 Å². The van der Waals surface area contributed by atoms with E-state index in [1.165, 1.54) is 33.5 Å². The summed E-state index contributed by atoms with van der Waals surface area (Å²) < 4.78 is 31.7. The van der Waals surface area contributed by atoms with Crippen LogP contribution in [0.5, 0.6) is 17.2 Å². The van der Waals surface area contributed by atoms with Crippen molar-refractivity contribution in [3.63, 3.8) is 0 Å². The molecule has 0 aliphatic carbocycles. The first kappa shape index (κ1) is 20.9. The summed E-state index contributed by atoms with van der Waals surface area (Å²) in [7, 11) is 4.60. The van der Waals surface area contributed by atoms with Crippen LogP contribution in [-0.4, -0.2) is 30.9 Å². The second-order valence-electron chi connectivity index (χ2n) is 6.88. The first-order valence-electron chi connectivity index (χ1n) is 9.74. The van der Waals surface area contributed by atoms with Crippen molar-refractivity contribution in [1.29, 1.82) is 5.26 Å². The van der Waals surface area contributed by atoms with Gasteiger partial charge in [-0.05, 0) is 60.2 Å². The van der Waals surface area contributed by atoms with Crippen LogP contribution in [0.1, 0.15) is 5.56 Å². The second kappa shape index (κ2) is 8.82. The van der Waals surface area contributed by atoms with Crippen LogP contribution in [0.3, 0.4) is 0 Å². The molecule has 0 atom stereocenters. The zero-order chi connectivity index (χ0) is 22.7. The molecule has 2 heterocycles. The van der Waals surface area contributed by atoms with E-state index < -0.39 is 0 Å². The number of nitriles is 1. The number of benzene rings is 2. The fourth-order valence-electron chi connectivity index (χ4n) is 3.54. The third-order valence-electron chi connectivity index (χ3n) is 5.08. The molecule has 0 unspecified atom stereocenters. The number of pyridine rings is 1. The van der Waals surface area contributed by atoms with E-state index in [-0.39, 0.29) is 5.82 Å². The molecule has 7 heteroatoms. The minimum absolute atomic E-state index is 0.335. The predicted molar refractivity (Wildman–Crippen MR) is 119 cm³/mol. The number of methoxy groups -OCH3 is 3. The molecule has 0 bridgehead atoms. The lowest BCUT2D eigenvalue weighted by molar-refractivity contribution is 0.324. The normalized spacial score (nSPS) is 10.5. The van der Waals surface area contributed by atoms with Gasteiger partial charge in [0.2, 0.25) is 5.75 Å². The average Bonchev–Trinajstić information content (AvgIpc) is 3.37. The first-order valence-corrected chi connectivity index (χ1v) is 9.74. The lowest BCUT2D eigenvalue weighted by Gasteiger charge is -2.17. The number of hydrogen-bond donors (Lipinski definition) is 0. The van der Waals surface area contributed by atoms with Crippen molar-refractivity contribution >= 4 is 0 Å². The molecule has 0 spiro atoms. The molecule has 4 rings (SSSR count). The number of rotatable bonds is 6. The largest absolute Gasteiger partial charge is 0.493 e. The Bertz CT molecular complexity index is 1270. The highest BCUT2D eigenvalue weighted by atomic mass is 19.1. The zero-order valence-electron chi connectivity index (χ0n) is 17.8. The molecule has 0 saturated carbocycles. The van der Waals surface area contributed by atoms with Gasteiger partial charge in [-0.25, -0.2) is 9.37 Å². The van der Waals surface area contributed by atoms with Crippen LogP contribution in [-0.2, 0) is 0 Å². The molecule has 0 amide bonds. The van der Waals surface area contributed by atoms with Gasteiger partial charge in [-0.15, -0.1) is 0 Å². The van der Waals surface area contributed by atoms with Crippen LogP contribution in [0.4, 0.5) is 4.39 Å². The van der Waals surface area contributed by atoms with Crippen LogP contribution in [0, 0.1) is 17.1 Å². The monoisotopic (exact) mass is 429 g/mol. The number of aromatic nitrogens is 2. The number of halogens is 1. The van der Waals surface area contributed by atoms with Crippen LogP contribution in [0.25, 0.3) is 28.2 Å². The van der Waals surface area contributed by atoms with Gasteiger partial charge in [0.05, 0.1) is 27.0 Å². The predicted octanol–water partition coefficient (Wildman–Crippen LogP) is 5.24. The van der Waals surface area contributed by atoms with Gasteiger partial charge in [0.25, 0.3) is 0 Å². The van der Waals surface area contributed by atoms with E-state index in [1.54, 1.807) is 34.9 Å². The van der Waals surface area contributed by atoms with Gasteiger partial charge in [-0.2, -0.15) is 5.26 Å². The Balaban J connectivity index is 2.03. The lowest BCUT2D eigenvalue weighted by Crippen LogP contribution is -2.03. The highest BCUT2D eigenvalue weighted by molar-refractivity contribution is 5.81. The Hall–Kier alpha value is -4.31. The second-order valence-corrected chi connectivity index (χ2v) is 6.88. The van der Waals surface area contributed by atoms with E-state index in [0.717, 1.165) is 5.56 Å². The van der Waals surface area contributed by atoms with E-state index >= 15 is 0 Å². The minimum atomic E-state index is -0.335. The minimum Gasteiger partial charge on any atom is -0.493 e. The SMILES string of the molecule is COc1cc(-c2cc(-c3ccc(F)cc3)nc(-n3cccc3)c2C#N)cc(OC)c1OC. The first-order chi connectivity index (χ1) is 15.6. The Kier molecular flexibility index (Phi) is 5.77. The fourth-order valence-corrected chi connectivity index (χ4v) is 3.54. The number of hydrogen-bond acceptors (Lipinski definition) is 5. The van der Waals surface area contributed by atoms with Crippen molar-refractivity contribution in [2.24, 2.45) is 0 Å². The summed E-state index contributed by atoms with van der Waals surface area (Å²) in [5.41, 5.74) is 3.01. The summed E-state index contributed by atoms with van der Waals surface area (Å²) in [4.78, 5) is 4.72. The smallest absolute Gasteiger partial charge is 0.203 e. The fraction of sp³-hybridized carbons (Fsp3) is 0.120. The van der Waals surface area contributed by atoms with E-state index in [0.29, 0.717) is 45.5 Å². The lowest BCUT2D eigenvalue weighted by atomic mass is 9.97. The third kappa shape index (κ3) is 3.74. The quantitative estimate of drug-likeness (QED) is 0.419. The van der Waals surface area contributed by atoms with E-state index in [4.69, 9.17) is 19.2 Å². The molecule has 160 valence electrons. The van der Waals surface area contributed by atoms with Gasteiger partial charge < -0.3 is 18.8 Å². The van der Waals surface area contributed by atoms with E-state index in [2.05, 4.69) is 6.07 Å². The van der Waals surface area contributed by atoms with Crippen molar-refractivity contribution in [2.45, 2.75) is 0 Å². The molecule has 4 aromatic rings. The molecule has 0 saturated heterocycles. The Morgan fingerprint density at radius 2 is 1.50 bits per heavy atom. The maximum absolute atomic E-state index is 13.5. The van der Waals surface area contributed by atoms with Crippen LogP contribution < -0.4 is 14.2 Å². The molecular formula is C25H20FN3O3. The van der Waals surface area contributed by atoms with Crippen molar-refractivity contribution in [2.75, 3.05) is 21.3 Å².